The van der Waals surface area contributed by atoms with E-state index in [0.717, 1.165) is 12.0 Å². The molecule has 2 saturated heterocycles. The molecular weight excluding hydrogens is 469 g/mol. The first kappa shape index (κ1) is 22.5. The molecule has 2 radical (unpaired) electrons. The lowest BCUT2D eigenvalue weighted by molar-refractivity contribution is 0.0539. The lowest BCUT2D eigenvalue weighted by Gasteiger charge is -2.29. The average Bonchev–Trinajstić information content (AvgIpc) is 3.52. The Labute approximate surface area is 201 Å². The van der Waals surface area contributed by atoms with Gasteiger partial charge in [-0.05, 0) is 31.5 Å². The van der Waals surface area contributed by atoms with Crippen LogP contribution in [0.3, 0.4) is 0 Å². The van der Waals surface area contributed by atoms with Gasteiger partial charge in [-0.15, -0.1) is 0 Å². The van der Waals surface area contributed by atoms with E-state index in [9.17, 15) is 4.39 Å². The minimum atomic E-state index is -0.890. The summed E-state index contributed by atoms with van der Waals surface area (Å²) in [7, 11) is 6.62. The SMILES string of the molecule is [B]C1(n2cc(-c3cnc(N)c(OC(C)c4c(Cl)ccc(F)c4Cl)c3)cn2)COC2CCOC21. The van der Waals surface area contributed by atoms with Crippen LogP contribution in [0.2, 0.25) is 10.0 Å². The summed E-state index contributed by atoms with van der Waals surface area (Å²) in [6.45, 7) is 2.62. The minimum Gasteiger partial charge on any atom is -0.482 e. The zero-order valence-electron chi connectivity index (χ0n) is 17.7. The number of pyridine rings is 1. The number of nitrogens with two attached hydrogens (primary N) is 1. The maximum atomic E-state index is 13.9. The molecule has 0 amide bonds. The molecule has 2 N–H and O–H groups in total. The molecule has 2 aromatic heterocycles. The van der Waals surface area contributed by atoms with Crippen LogP contribution in [0.4, 0.5) is 10.2 Å². The van der Waals surface area contributed by atoms with Crippen molar-refractivity contribution in [2.75, 3.05) is 18.9 Å². The molecule has 7 nitrogen and oxygen atoms in total. The molecule has 2 aliphatic rings. The molecule has 2 aliphatic heterocycles. The maximum absolute atomic E-state index is 13.9. The van der Waals surface area contributed by atoms with E-state index in [4.69, 9.17) is 51.0 Å². The summed E-state index contributed by atoms with van der Waals surface area (Å²) in [4.78, 5) is 4.24. The van der Waals surface area contributed by atoms with Gasteiger partial charge in [0.05, 0.1) is 29.4 Å². The van der Waals surface area contributed by atoms with Crippen LogP contribution in [0.5, 0.6) is 5.75 Å². The molecule has 5 rings (SSSR count). The molecular formula is C22H20BCl2FN4O3. The predicted octanol–water partition coefficient (Wildman–Crippen LogP) is 4.12. The highest BCUT2D eigenvalue weighted by Crippen LogP contribution is 2.39. The number of benzene rings is 1. The van der Waals surface area contributed by atoms with Crippen LogP contribution >= 0.6 is 23.2 Å². The van der Waals surface area contributed by atoms with Crippen molar-refractivity contribution in [2.45, 2.75) is 37.1 Å². The number of ether oxygens (including phenoxy) is 3. The summed E-state index contributed by atoms with van der Waals surface area (Å²) in [6.07, 6.45) is 4.96. The fourth-order valence-corrected chi connectivity index (χ4v) is 4.98. The third kappa shape index (κ3) is 3.87. The second-order valence-corrected chi connectivity index (χ2v) is 9.00. The molecule has 1 aromatic carbocycles. The van der Waals surface area contributed by atoms with E-state index >= 15 is 0 Å². The van der Waals surface area contributed by atoms with E-state index in [-0.39, 0.29) is 28.1 Å². The molecule has 11 heteroatoms. The molecule has 0 aliphatic carbocycles. The average molecular weight is 489 g/mol. The summed E-state index contributed by atoms with van der Waals surface area (Å²) in [5.74, 6) is -0.114. The van der Waals surface area contributed by atoms with Crippen molar-refractivity contribution in [1.82, 2.24) is 14.8 Å². The number of anilines is 1. The summed E-state index contributed by atoms with van der Waals surface area (Å²) < 4.78 is 33.2. The standard InChI is InChI=1S/C22H20BCl2FN4O3/c1-11(18-14(24)2-3-15(26)19(18)25)33-17-6-12(7-28-21(17)27)13-8-29-30(9-13)22(23)10-32-16-4-5-31-20(16)22/h2-3,6-9,11,16,20H,4-5,10H2,1H3,(H2,27,28). The van der Waals surface area contributed by atoms with Crippen molar-refractivity contribution >= 4 is 36.9 Å². The van der Waals surface area contributed by atoms with Crippen LogP contribution < -0.4 is 10.5 Å². The Balaban J connectivity index is 1.42. The van der Waals surface area contributed by atoms with Gasteiger partial charge in [-0.2, -0.15) is 5.10 Å². The van der Waals surface area contributed by atoms with E-state index in [0.29, 0.717) is 30.1 Å². The molecule has 2 fully saturated rings. The predicted molar refractivity (Wildman–Crippen MR) is 123 cm³/mol. The van der Waals surface area contributed by atoms with E-state index in [2.05, 4.69) is 10.1 Å². The third-order valence-corrected chi connectivity index (χ3v) is 6.79. The third-order valence-electron chi connectivity index (χ3n) is 6.07. The Kier molecular flexibility index (Phi) is 5.77. The summed E-state index contributed by atoms with van der Waals surface area (Å²) >= 11 is 12.3. The maximum Gasteiger partial charge on any atom is 0.166 e. The van der Waals surface area contributed by atoms with Gasteiger partial charge >= 0.3 is 0 Å². The van der Waals surface area contributed by atoms with Gasteiger partial charge in [0.1, 0.15) is 25.9 Å². The summed E-state index contributed by atoms with van der Waals surface area (Å²) in [6, 6.07) is 4.36. The fourth-order valence-electron chi connectivity index (χ4n) is 4.30. The van der Waals surface area contributed by atoms with E-state index in [1.165, 1.54) is 12.1 Å². The minimum absolute atomic E-state index is 0.0243. The van der Waals surface area contributed by atoms with E-state index in [1.54, 1.807) is 30.1 Å². The quantitative estimate of drug-likeness (QED) is 0.429. The Morgan fingerprint density at radius 3 is 2.94 bits per heavy atom. The Bertz CT molecular complexity index is 1210. The van der Waals surface area contributed by atoms with Gasteiger partial charge in [-0.25, -0.2) is 9.37 Å². The highest BCUT2D eigenvalue weighted by Gasteiger charge is 2.51. The van der Waals surface area contributed by atoms with Crippen molar-refractivity contribution in [3.05, 3.63) is 58.2 Å². The summed E-state index contributed by atoms with van der Waals surface area (Å²) in [5, 5.41) is 4.65. The number of nitrogen functional groups attached to an aromatic ring is 1. The lowest BCUT2D eigenvalue weighted by atomic mass is 9.74. The second kappa shape index (κ2) is 8.47. The van der Waals surface area contributed by atoms with Gasteiger partial charge in [-0.3, -0.25) is 4.68 Å². The van der Waals surface area contributed by atoms with Gasteiger partial charge in [0, 0.05) is 40.7 Å². The molecule has 0 bridgehead atoms. The van der Waals surface area contributed by atoms with Crippen molar-refractivity contribution in [3.63, 3.8) is 0 Å². The topological polar surface area (TPSA) is 84.4 Å². The van der Waals surface area contributed by atoms with Gasteiger partial charge in [0.15, 0.2) is 11.6 Å². The number of rotatable bonds is 5. The van der Waals surface area contributed by atoms with Crippen LogP contribution in [-0.4, -0.2) is 48.0 Å². The van der Waals surface area contributed by atoms with Gasteiger partial charge in [0.25, 0.3) is 0 Å². The Morgan fingerprint density at radius 2 is 2.12 bits per heavy atom. The first-order valence-corrected chi connectivity index (χ1v) is 11.2. The first-order valence-electron chi connectivity index (χ1n) is 10.4. The van der Waals surface area contributed by atoms with Gasteiger partial charge in [-0.1, -0.05) is 23.2 Å². The zero-order chi connectivity index (χ0) is 23.3. The highest BCUT2D eigenvalue weighted by atomic mass is 35.5. The normalized spacial score (nSPS) is 25.2. The highest BCUT2D eigenvalue weighted by molar-refractivity contribution is 6.36. The monoisotopic (exact) mass is 488 g/mol. The largest absolute Gasteiger partial charge is 0.482 e. The van der Waals surface area contributed by atoms with Crippen LogP contribution in [0.15, 0.2) is 36.8 Å². The molecule has 4 atom stereocenters. The number of hydrogen-bond acceptors (Lipinski definition) is 6. The molecule has 170 valence electrons. The van der Waals surface area contributed by atoms with Crippen LogP contribution in [-0.2, 0) is 14.9 Å². The van der Waals surface area contributed by atoms with Crippen LogP contribution in [0, 0.1) is 5.82 Å². The van der Waals surface area contributed by atoms with Gasteiger partial charge < -0.3 is 19.9 Å². The fraction of sp³-hybridized carbons (Fsp3) is 0.364. The zero-order valence-corrected chi connectivity index (χ0v) is 19.2. The molecule has 33 heavy (non-hydrogen) atoms. The molecule has 4 heterocycles. The molecule has 0 spiro atoms. The Morgan fingerprint density at radius 1 is 1.30 bits per heavy atom. The van der Waals surface area contributed by atoms with Crippen LogP contribution in [0.1, 0.15) is 25.0 Å². The lowest BCUT2D eigenvalue weighted by Crippen LogP contribution is -2.46. The van der Waals surface area contributed by atoms with Crippen molar-refractivity contribution in [1.29, 1.82) is 0 Å². The van der Waals surface area contributed by atoms with Gasteiger partial charge in [0.2, 0.25) is 0 Å². The van der Waals surface area contributed by atoms with Crippen molar-refractivity contribution in [2.24, 2.45) is 0 Å². The number of halogens is 3. The molecule has 3 aromatic rings. The summed E-state index contributed by atoms with van der Waals surface area (Å²) in [5.41, 5.74) is 6.94. The smallest absolute Gasteiger partial charge is 0.166 e. The Hall–Kier alpha value is -2.33. The second-order valence-electron chi connectivity index (χ2n) is 8.22. The van der Waals surface area contributed by atoms with E-state index < -0.39 is 17.4 Å². The molecule has 4 unspecified atom stereocenters. The van der Waals surface area contributed by atoms with E-state index in [1.807, 2.05) is 6.20 Å². The van der Waals surface area contributed by atoms with Crippen molar-refractivity contribution in [3.8, 4) is 16.9 Å². The number of aromatic nitrogens is 3. The number of hydrogen-bond donors (Lipinski definition) is 1. The van der Waals surface area contributed by atoms with Crippen molar-refractivity contribution < 1.29 is 18.6 Å². The number of nitrogens with zero attached hydrogens (tertiary/aromatic N) is 3. The first-order chi connectivity index (χ1) is 15.8. The number of fused-ring (bicyclic) bond motifs is 1. The van der Waals surface area contributed by atoms with Crippen LogP contribution in [0.25, 0.3) is 11.1 Å². The molecule has 0 saturated carbocycles.